The number of allylic oxidation sites excluding steroid dienone is 1. The minimum absolute atomic E-state index is 0.151. The first kappa shape index (κ1) is 16.0. The number of carbonyl (C=O) groups is 3. The Morgan fingerprint density at radius 3 is 2.79 bits per heavy atom. The molecule has 2 heterocycles. The van der Waals surface area contributed by atoms with Gasteiger partial charge in [-0.2, -0.15) is 0 Å². The number of carbonyl (C=O) groups excluding carboxylic acids is 3. The van der Waals surface area contributed by atoms with Gasteiger partial charge in [0, 0.05) is 12.5 Å². The van der Waals surface area contributed by atoms with Gasteiger partial charge in [-0.05, 0) is 5.56 Å². The molecule has 124 valence electrons. The van der Waals surface area contributed by atoms with Gasteiger partial charge in [0.15, 0.2) is 6.23 Å². The second kappa shape index (κ2) is 6.31. The number of nitrogens with zero attached hydrogens (tertiary/aromatic N) is 1. The number of benzene rings is 1. The summed E-state index contributed by atoms with van der Waals surface area (Å²) >= 11 is 0. The summed E-state index contributed by atoms with van der Waals surface area (Å²) in [6, 6.07) is 9.56. The van der Waals surface area contributed by atoms with Gasteiger partial charge in [0.25, 0.3) is 0 Å². The number of ether oxygens (including phenoxy) is 2. The van der Waals surface area contributed by atoms with Gasteiger partial charge in [-0.25, -0.2) is 4.79 Å². The van der Waals surface area contributed by atoms with Gasteiger partial charge in [-0.3, -0.25) is 14.5 Å². The van der Waals surface area contributed by atoms with E-state index in [4.69, 9.17) is 9.47 Å². The zero-order valence-corrected chi connectivity index (χ0v) is 13.2. The number of hydrogen-bond acceptors (Lipinski definition) is 5. The molecule has 3 rings (SSSR count). The number of esters is 1. The van der Waals surface area contributed by atoms with Gasteiger partial charge >= 0.3 is 5.97 Å². The number of amides is 1. The van der Waals surface area contributed by atoms with Gasteiger partial charge in [0.1, 0.15) is 12.0 Å². The molecule has 0 radical (unpaired) electrons. The van der Waals surface area contributed by atoms with E-state index < -0.39 is 17.7 Å². The molecule has 6 nitrogen and oxygen atoms in total. The summed E-state index contributed by atoms with van der Waals surface area (Å²) in [5, 5.41) is 0. The van der Waals surface area contributed by atoms with Crippen molar-refractivity contribution in [3.63, 3.8) is 0 Å². The molecule has 0 aromatic heterocycles. The third kappa shape index (κ3) is 2.40. The fourth-order valence-electron chi connectivity index (χ4n) is 3.12. The molecule has 0 N–H and O–H groups in total. The fourth-order valence-corrected chi connectivity index (χ4v) is 3.12. The molecule has 2 atom stereocenters. The third-order valence-electron chi connectivity index (χ3n) is 4.25. The predicted molar refractivity (Wildman–Crippen MR) is 85.3 cm³/mol. The van der Waals surface area contributed by atoms with E-state index in [1.54, 1.807) is 6.08 Å². The van der Waals surface area contributed by atoms with Crippen molar-refractivity contribution in [1.82, 2.24) is 4.90 Å². The second-order valence-corrected chi connectivity index (χ2v) is 5.58. The van der Waals surface area contributed by atoms with Crippen molar-refractivity contribution in [2.75, 3.05) is 7.11 Å². The van der Waals surface area contributed by atoms with Crippen LogP contribution in [0.5, 0.6) is 0 Å². The lowest BCUT2D eigenvalue weighted by atomic mass is 9.88. The molecule has 2 aliphatic heterocycles. The summed E-state index contributed by atoms with van der Waals surface area (Å²) in [5.41, 5.74) is -0.454. The molecule has 0 aliphatic carbocycles. The highest BCUT2D eigenvalue weighted by Crippen LogP contribution is 2.46. The molecule has 1 unspecified atom stereocenters. The van der Waals surface area contributed by atoms with Crippen molar-refractivity contribution in [3.05, 3.63) is 53.8 Å². The standard InChI is InChI=1S/C18H17NO5/c1-23-17(22)18(10-5-8-13-6-3-2-4-7-13)14(9-11-20)24-16-12-15(21)19(16)18/h2-9,11,16H,10,12H2,1H3/b8-5+,14-9-/t16-,18?/m1/s1. The Labute approximate surface area is 139 Å². The van der Waals surface area contributed by atoms with Crippen LogP contribution in [-0.4, -0.2) is 41.9 Å². The predicted octanol–water partition coefficient (Wildman–Crippen LogP) is 1.67. The maximum Gasteiger partial charge on any atom is 0.340 e. The summed E-state index contributed by atoms with van der Waals surface area (Å²) in [6.45, 7) is 0. The number of β-lactam (4-membered cyclic amide) rings is 1. The summed E-state index contributed by atoms with van der Waals surface area (Å²) < 4.78 is 10.5. The number of fused-ring (bicyclic) bond motifs is 1. The van der Waals surface area contributed by atoms with Crippen LogP contribution in [0.1, 0.15) is 18.4 Å². The maximum absolute atomic E-state index is 12.5. The Hall–Kier alpha value is -2.89. The second-order valence-electron chi connectivity index (χ2n) is 5.58. The number of aldehydes is 1. The molecule has 0 saturated carbocycles. The molecule has 2 aliphatic rings. The summed E-state index contributed by atoms with van der Waals surface area (Å²) in [7, 11) is 1.25. The number of hydrogen-bond donors (Lipinski definition) is 0. The number of rotatable bonds is 5. The van der Waals surface area contributed by atoms with Crippen molar-refractivity contribution in [2.24, 2.45) is 0 Å². The molecule has 1 amide bonds. The lowest BCUT2D eigenvalue weighted by Gasteiger charge is -2.40. The molecule has 2 saturated heterocycles. The van der Waals surface area contributed by atoms with E-state index in [9.17, 15) is 14.4 Å². The highest BCUT2D eigenvalue weighted by molar-refractivity contribution is 5.96. The molecule has 0 bridgehead atoms. The molecule has 2 fully saturated rings. The normalized spacial score (nSPS) is 26.9. The van der Waals surface area contributed by atoms with Gasteiger partial charge in [-0.1, -0.05) is 42.5 Å². The van der Waals surface area contributed by atoms with E-state index in [0.29, 0.717) is 6.29 Å². The van der Waals surface area contributed by atoms with Gasteiger partial charge < -0.3 is 9.47 Å². The van der Waals surface area contributed by atoms with Crippen LogP contribution in [0.15, 0.2) is 48.2 Å². The summed E-state index contributed by atoms with van der Waals surface area (Å²) in [6.07, 6.45) is 5.19. The van der Waals surface area contributed by atoms with Gasteiger partial charge in [-0.15, -0.1) is 0 Å². The molecule has 1 aromatic rings. The minimum Gasteiger partial charge on any atom is -0.471 e. The highest BCUT2D eigenvalue weighted by atomic mass is 16.6. The molecular formula is C18H17NO5. The van der Waals surface area contributed by atoms with E-state index in [1.165, 1.54) is 18.1 Å². The molecule has 6 heteroatoms. The highest BCUT2D eigenvalue weighted by Gasteiger charge is 2.64. The van der Waals surface area contributed by atoms with Crippen molar-refractivity contribution < 1.29 is 23.9 Å². The van der Waals surface area contributed by atoms with Crippen molar-refractivity contribution in [1.29, 1.82) is 0 Å². The maximum atomic E-state index is 12.5. The lowest BCUT2D eigenvalue weighted by molar-refractivity contribution is -0.171. The smallest absolute Gasteiger partial charge is 0.340 e. The summed E-state index contributed by atoms with van der Waals surface area (Å²) in [4.78, 5) is 36.8. The van der Waals surface area contributed by atoms with Crippen LogP contribution in [-0.2, 0) is 23.9 Å². The third-order valence-corrected chi connectivity index (χ3v) is 4.25. The average Bonchev–Trinajstić information content (AvgIpc) is 2.84. The van der Waals surface area contributed by atoms with E-state index in [1.807, 2.05) is 36.4 Å². The van der Waals surface area contributed by atoms with Crippen molar-refractivity contribution >= 4 is 24.2 Å². The first-order chi connectivity index (χ1) is 11.6. The molecular weight excluding hydrogens is 310 g/mol. The zero-order valence-electron chi connectivity index (χ0n) is 13.2. The fraction of sp³-hybridized carbons (Fsp3) is 0.278. The minimum atomic E-state index is -1.42. The van der Waals surface area contributed by atoms with Crippen LogP contribution < -0.4 is 0 Å². The van der Waals surface area contributed by atoms with E-state index in [-0.39, 0.29) is 24.5 Å². The van der Waals surface area contributed by atoms with Crippen LogP contribution in [0.2, 0.25) is 0 Å². The van der Waals surface area contributed by atoms with E-state index in [0.717, 1.165) is 5.56 Å². The summed E-state index contributed by atoms with van der Waals surface area (Å²) in [5.74, 6) is -0.672. The topological polar surface area (TPSA) is 72.9 Å². The van der Waals surface area contributed by atoms with Crippen LogP contribution in [0.4, 0.5) is 0 Å². The van der Waals surface area contributed by atoms with Crippen molar-refractivity contribution in [2.45, 2.75) is 24.6 Å². The largest absolute Gasteiger partial charge is 0.471 e. The molecule has 1 aromatic carbocycles. The monoisotopic (exact) mass is 327 g/mol. The number of methoxy groups -OCH3 is 1. The SMILES string of the molecule is COC(=O)C1(C/C=C/c2ccccc2)/C(=C/C=O)O[C@@H]2CC(=O)N21. The molecule has 0 spiro atoms. The van der Waals surface area contributed by atoms with Crippen LogP contribution >= 0.6 is 0 Å². The Morgan fingerprint density at radius 2 is 2.17 bits per heavy atom. The Bertz CT molecular complexity index is 724. The van der Waals surface area contributed by atoms with Gasteiger partial charge in [0.05, 0.1) is 13.5 Å². The first-order valence-electron chi connectivity index (χ1n) is 7.58. The first-order valence-corrected chi connectivity index (χ1v) is 7.58. The Morgan fingerprint density at radius 1 is 1.42 bits per heavy atom. The van der Waals surface area contributed by atoms with Gasteiger partial charge in [0.2, 0.25) is 11.4 Å². The quantitative estimate of drug-likeness (QED) is 0.356. The van der Waals surface area contributed by atoms with E-state index >= 15 is 0 Å². The van der Waals surface area contributed by atoms with Crippen LogP contribution in [0.25, 0.3) is 6.08 Å². The Balaban J connectivity index is 1.96. The Kier molecular flexibility index (Phi) is 4.20. The van der Waals surface area contributed by atoms with Crippen LogP contribution in [0, 0.1) is 0 Å². The lowest BCUT2D eigenvalue weighted by Crippen LogP contribution is -2.62. The van der Waals surface area contributed by atoms with Crippen molar-refractivity contribution in [3.8, 4) is 0 Å². The molecule has 24 heavy (non-hydrogen) atoms. The average molecular weight is 327 g/mol. The van der Waals surface area contributed by atoms with Crippen LogP contribution in [0.3, 0.4) is 0 Å². The zero-order chi connectivity index (χ0) is 17.2. The van der Waals surface area contributed by atoms with E-state index in [2.05, 4.69) is 0 Å².